The molecule has 0 unspecified atom stereocenters. The second-order valence-electron chi connectivity index (χ2n) is 5.71. The van der Waals surface area contributed by atoms with Crippen LogP contribution in [0.3, 0.4) is 0 Å². The number of hydrogen-bond acceptors (Lipinski definition) is 6. The molecule has 10 heteroatoms. The van der Waals surface area contributed by atoms with Crippen molar-refractivity contribution in [2.24, 2.45) is 0 Å². The highest BCUT2D eigenvalue weighted by atomic mass is 35.5. The number of sulfone groups is 1. The molecule has 0 spiro atoms. The highest BCUT2D eigenvalue weighted by Gasteiger charge is 2.19. The summed E-state index contributed by atoms with van der Waals surface area (Å²) >= 11 is 6.09. The van der Waals surface area contributed by atoms with Crippen LogP contribution in [0.25, 0.3) is 16.6 Å². The minimum absolute atomic E-state index is 0.0194. The van der Waals surface area contributed by atoms with E-state index in [0.29, 0.717) is 0 Å². The van der Waals surface area contributed by atoms with Crippen molar-refractivity contribution in [3.05, 3.63) is 57.3 Å². The molecule has 0 saturated carbocycles. The lowest BCUT2D eigenvalue weighted by molar-refractivity contribution is 0.240. The van der Waals surface area contributed by atoms with E-state index in [1.165, 1.54) is 25.4 Å². The van der Waals surface area contributed by atoms with E-state index in [9.17, 15) is 17.6 Å². The second kappa shape index (κ2) is 7.67. The molecule has 0 fully saturated rings. The van der Waals surface area contributed by atoms with Gasteiger partial charge >= 0.3 is 0 Å². The van der Waals surface area contributed by atoms with Crippen LogP contribution in [0, 0.1) is 17.7 Å². The van der Waals surface area contributed by atoms with E-state index < -0.39 is 26.4 Å². The normalized spacial score (nSPS) is 11.3. The molecule has 28 heavy (non-hydrogen) atoms. The van der Waals surface area contributed by atoms with Gasteiger partial charge in [-0.1, -0.05) is 29.5 Å². The molecule has 7 nitrogen and oxygen atoms in total. The van der Waals surface area contributed by atoms with Crippen LogP contribution in [0.2, 0.25) is 5.02 Å². The van der Waals surface area contributed by atoms with Crippen molar-refractivity contribution in [2.45, 2.75) is 5.16 Å². The van der Waals surface area contributed by atoms with E-state index in [1.807, 2.05) is 0 Å². The molecule has 0 N–H and O–H groups in total. The molecular weight excluding hydrogens is 409 g/mol. The Balaban J connectivity index is 2.42. The predicted octanol–water partition coefficient (Wildman–Crippen LogP) is 1.97. The molecule has 0 aliphatic heterocycles. The molecule has 0 aliphatic carbocycles. The van der Waals surface area contributed by atoms with Gasteiger partial charge in [0.15, 0.2) is 0 Å². The van der Waals surface area contributed by atoms with Crippen LogP contribution in [-0.2, 0) is 14.6 Å². The lowest BCUT2D eigenvalue weighted by atomic mass is 10.2. The van der Waals surface area contributed by atoms with Crippen LogP contribution in [-0.4, -0.2) is 42.9 Å². The van der Waals surface area contributed by atoms with Gasteiger partial charge in [-0.05, 0) is 12.1 Å². The lowest BCUT2D eigenvalue weighted by Crippen LogP contribution is -2.21. The Morgan fingerprint density at radius 3 is 2.75 bits per heavy atom. The molecule has 0 aliphatic rings. The summed E-state index contributed by atoms with van der Waals surface area (Å²) < 4.78 is 43.8. The third-order valence-corrected chi connectivity index (χ3v) is 4.84. The number of rotatable bonds is 3. The van der Waals surface area contributed by atoms with E-state index in [4.69, 9.17) is 16.3 Å². The zero-order chi connectivity index (χ0) is 20.5. The quantitative estimate of drug-likeness (QED) is 0.474. The number of para-hydroxylation sites is 1. The maximum absolute atomic E-state index is 14.4. The zero-order valence-corrected chi connectivity index (χ0v) is 16.3. The first-order valence-electron chi connectivity index (χ1n) is 7.78. The van der Waals surface area contributed by atoms with Crippen molar-refractivity contribution in [1.82, 2.24) is 14.5 Å². The van der Waals surface area contributed by atoms with Crippen molar-refractivity contribution < 1.29 is 17.5 Å². The fraction of sp³-hybridized carbons (Fsp3) is 0.167. The van der Waals surface area contributed by atoms with E-state index in [1.54, 1.807) is 0 Å². The largest absolute Gasteiger partial charge is 0.372 e. The fourth-order valence-corrected chi connectivity index (χ4v) is 3.22. The highest BCUT2D eigenvalue weighted by molar-refractivity contribution is 7.90. The molecule has 2 aromatic heterocycles. The van der Waals surface area contributed by atoms with Crippen LogP contribution in [0.15, 0.2) is 40.5 Å². The van der Waals surface area contributed by atoms with Gasteiger partial charge < -0.3 is 4.74 Å². The first-order chi connectivity index (χ1) is 13.2. The van der Waals surface area contributed by atoms with Crippen LogP contribution in [0.4, 0.5) is 4.39 Å². The minimum atomic E-state index is -3.71. The summed E-state index contributed by atoms with van der Waals surface area (Å²) in [5, 5.41) is -0.460. The Kier molecular flexibility index (Phi) is 5.47. The van der Waals surface area contributed by atoms with Gasteiger partial charge in [-0.3, -0.25) is 9.36 Å². The van der Waals surface area contributed by atoms with Crippen molar-refractivity contribution in [1.29, 1.82) is 0 Å². The first-order valence-corrected chi connectivity index (χ1v) is 10.1. The van der Waals surface area contributed by atoms with Gasteiger partial charge in [0.05, 0.1) is 21.5 Å². The van der Waals surface area contributed by atoms with Crippen molar-refractivity contribution >= 4 is 32.3 Å². The number of halogens is 2. The number of hydrogen-bond donors (Lipinski definition) is 0. The van der Waals surface area contributed by atoms with E-state index in [0.717, 1.165) is 23.1 Å². The van der Waals surface area contributed by atoms with Gasteiger partial charge in [-0.2, -0.15) is 0 Å². The van der Waals surface area contributed by atoms with Gasteiger partial charge in [0, 0.05) is 25.8 Å². The molecule has 3 aromatic rings. The maximum Gasteiger partial charge on any atom is 0.266 e. The molecule has 3 rings (SSSR count). The number of aromatic nitrogens is 3. The molecule has 0 bridgehead atoms. The Morgan fingerprint density at radius 1 is 1.36 bits per heavy atom. The summed E-state index contributed by atoms with van der Waals surface area (Å²) in [6, 6.07) is 4.02. The highest BCUT2D eigenvalue weighted by Crippen LogP contribution is 2.24. The van der Waals surface area contributed by atoms with E-state index in [2.05, 4.69) is 21.8 Å². The Bertz CT molecular complexity index is 1290. The average Bonchev–Trinajstić information content (AvgIpc) is 2.63. The number of pyridine rings is 1. The average molecular weight is 422 g/mol. The maximum atomic E-state index is 14.4. The summed E-state index contributed by atoms with van der Waals surface area (Å²) in [6.07, 6.45) is 3.29. The molecule has 0 radical (unpaired) electrons. The third-order valence-electron chi connectivity index (χ3n) is 3.68. The Labute approximate surface area is 164 Å². The van der Waals surface area contributed by atoms with Gasteiger partial charge in [0.25, 0.3) is 5.56 Å². The number of ether oxygens (including phenoxy) is 1. The van der Waals surface area contributed by atoms with Crippen molar-refractivity contribution in [3.63, 3.8) is 0 Å². The predicted molar refractivity (Wildman–Crippen MR) is 102 cm³/mol. The van der Waals surface area contributed by atoms with Crippen LogP contribution >= 0.6 is 11.6 Å². The monoisotopic (exact) mass is 421 g/mol. The molecular formula is C18H13ClFN3O4S. The third kappa shape index (κ3) is 3.75. The van der Waals surface area contributed by atoms with Gasteiger partial charge in [-0.25, -0.2) is 22.8 Å². The molecule has 0 saturated heterocycles. The lowest BCUT2D eigenvalue weighted by Gasteiger charge is -2.12. The molecule has 144 valence electrons. The molecule has 1 aromatic carbocycles. The van der Waals surface area contributed by atoms with Gasteiger partial charge in [-0.15, -0.1) is 0 Å². The summed E-state index contributed by atoms with van der Waals surface area (Å²) in [5.41, 5.74) is -0.594. The van der Waals surface area contributed by atoms with Gasteiger partial charge in [0.2, 0.25) is 15.0 Å². The summed E-state index contributed by atoms with van der Waals surface area (Å²) in [7, 11) is -2.25. The van der Waals surface area contributed by atoms with Crippen molar-refractivity contribution in [2.75, 3.05) is 20.0 Å². The zero-order valence-electron chi connectivity index (χ0n) is 14.7. The van der Waals surface area contributed by atoms with Crippen LogP contribution in [0.1, 0.15) is 5.56 Å². The number of nitrogens with zero attached hydrogens (tertiary/aromatic N) is 3. The second-order valence-corrected chi connectivity index (χ2v) is 8.03. The number of methoxy groups -OCH3 is 1. The number of benzene rings is 1. The summed E-state index contributed by atoms with van der Waals surface area (Å²) in [5.74, 6) is 4.75. The fourth-order valence-electron chi connectivity index (χ4n) is 2.46. The first kappa shape index (κ1) is 19.9. The molecule has 0 atom stereocenters. The summed E-state index contributed by atoms with van der Waals surface area (Å²) in [6.45, 7) is 0.0884. The van der Waals surface area contributed by atoms with Crippen molar-refractivity contribution in [3.8, 4) is 17.5 Å². The summed E-state index contributed by atoms with van der Waals surface area (Å²) in [4.78, 5) is 20.6. The number of fused-ring (bicyclic) bond motifs is 1. The molecule has 0 amide bonds. The van der Waals surface area contributed by atoms with E-state index in [-0.39, 0.29) is 33.8 Å². The van der Waals surface area contributed by atoms with E-state index >= 15 is 0 Å². The molecule has 2 heterocycles. The smallest absolute Gasteiger partial charge is 0.266 e. The van der Waals surface area contributed by atoms with Crippen LogP contribution in [0.5, 0.6) is 0 Å². The standard InChI is InChI=1S/C18H13ClFN3O4S/c1-27-8-4-5-11-10-23(16-13(19)6-3-7-14(16)20)17(24)12-9-21-18(22-15(11)12)28(2,25)26/h3,6-7,9-10H,8H2,1-2H3. The Morgan fingerprint density at radius 2 is 2.11 bits per heavy atom. The van der Waals surface area contributed by atoms with Crippen LogP contribution < -0.4 is 5.56 Å². The van der Waals surface area contributed by atoms with Gasteiger partial charge in [0.1, 0.15) is 18.1 Å². The topological polar surface area (TPSA) is 91.2 Å². The Hall–Kier alpha value is -2.80. The minimum Gasteiger partial charge on any atom is -0.372 e. The SMILES string of the molecule is COCC#Cc1cn(-c2c(F)cccc2Cl)c(=O)c2cnc(S(C)(=O)=O)nc12.